The molecule has 1 atom stereocenters. The van der Waals surface area contributed by atoms with Gasteiger partial charge < -0.3 is 5.32 Å². The van der Waals surface area contributed by atoms with Crippen LogP contribution in [0.2, 0.25) is 5.02 Å². The van der Waals surface area contributed by atoms with Gasteiger partial charge in [0.1, 0.15) is 0 Å². The second-order valence-corrected chi connectivity index (χ2v) is 7.25. The van der Waals surface area contributed by atoms with Crippen LogP contribution in [-0.4, -0.2) is 6.54 Å². The van der Waals surface area contributed by atoms with E-state index in [9.17, 15) is 0 Å². The molecule has 0 amide bonds. The Kier molecular flexibility index (Phi) is 5.07. The third kappa shape index (κ3) is 3.40. The fourth-order valence-electron chi connectivity index (χ4n) is 2.24. The van der Waals surface area contributed by atoms with E-state index in [4.69, 9.17) is 11.6 Å². The summed E-state index contributed by atoms with van der Waals surface area (Å²) in [7, 11) is 0. The summed E-state index contributed by atoms with van der Waals surface area (Å²) in [4.78, 5) is 2.71. The average molecular weight is 359 g/mol. The minimum absolute atomic E-state index is 0.209. The summed E-state index contributed by atoms with van der Waals surface area (Å²) in [5, 5.41) is 4.30. The van der Waals surface area contributed by atoms with Crippen LogP contribution in [0.15, 0.2) is 28.7 Å². The maximum atomic E-state index is 6.22. The predicted octanol–water partition coefficient (Wildman–Crippen LogP) is 5.48. The number of aryl methyl sites for hydroxylation is 2. The predicted molar refractivity (Wildman–Crippen MR) is 88.5 cm³/mol. The quantitative estimate of drug-likeness (QED) is 0.763. The molecule has 2 aromatic rings. The van der Waals surface area contributed by atoms with Gasteiger partial charge in [-0.2, -0.15) is 0 Å². The zero-order chi connectivity index (χ0) is 14.0. The number of hydrogen-bond acceptors (Lipinski definition) is 2. The van der Waals surface area contributed by atoms with Gasteiger partial charge in [0.25, 0.3) is 0 Å². The normalized spacial score (nSPS) is 12.7. The SMILES string of the molecule is CCNC(c1ccc(Br)c(Cl)c1)c1cc(C)sc1C. The van der Waals surface area contributed by atoms with E-state index < -0.39 is 0 Å². The van der Waals surface area contributed by atoms with Gasteiger partial charge >= 0.3 is 0 Å². The maximum absolute atomic E-state index is 6.22. The summed E-state index contributed by atoms with van der Waals surface area (Å²) in [5.74, 6) is 0. The molecule has 1 aromatic heterocycles. The van der Waals surface area contributed by atoms with E-state index >= 15 is 0 Å². The van der Waals surface area contributed by atoms with E-state index in [1.807, 2.05) is 23.5 Å². The van der Waals surface area contributed by atoms with Crippen LogP contribution < -0.4 is 5.32 Å². The van der Waals surface area contributed by atoms with E-state index in [-0.39, 0.29) is 6.04 Å². The van der Waals surface area contributed by atoms with Gasteiger partial charge in [-0.05, 0) is 65.6 Å². The van der Waals surface area contributed by atoms with Crippen molar-refractivity contribution in [1.29, 1.82) is 0 Å². The summed E-state index contributed by atoms with van der Waals surface area (Å²) < 4.78 is 0.936. The van der Waals surface area contributed by atoms with Gasteiger partial charge in [-0.15, -0.1) is 11.3 Å². The lowest BCUT2D eigenvalue weighted by Gasteiger charge is -2.19. The third-order valence-corrected chi connectivity index (χ3v) is 5.29. The molecule has 2 rings (SSSR count). The molecule has 1 N–H and O–H groups in total. The minimum atomic E-state index is 0.209. The van der Waals surface area contributed by atoms with Crippen molar-refractivity contribution in [2.75, 3.05) is 6.54 Å². The third-order valence-electron chi connectivity index (χ3n) is 3.08. The van der Waals surface area contributed by atoms with Crippen LogP contribution in [0.25, 0.3) is 0 Å². The lowest BCUT2D eigenvalue weighted by atomic mass is 9.99. The highest BCUT2D eigenvalue weighted by atomic mass is 79.9. The Balaban J connectivity index is 2.44. The molecule has 0 aliphatic heterocycles. The molecule has 4 heteroatoms. The molecular weight excluding hydrogens is 342 g/mol. The summed E-state index contributed by atoms with van der Waals surface area (Å²) >= 11 is 11.5. The van der Waals surface area contributed by atoms with Crippen LogP contribution in [0.5, 0.6) is 0 Å². The lowest BCUT2D eigenvalue weighted by Crippen LogP contribution is -2.22. The van der Waals surface area contributed by atoms with Crippen LogP contribution >= 0.6 is 38.9 Å². The fraction of sp³-hybridized carbons (Fsp3) is 0.333. The number of thiophene rings is 1. The molecule has 0 bridgehead atoms. The monoisotopic (exact) mass is 357 g/mol. The van der Waals surface area contributed by atoms with E-state index in [0.717, 1.165) is 16.0 Å². The van der Waals surface area contributed by atoms with E-state index in [1.165, 1.54) is 20.9 Å². The van der Waals surface area contributed by atoms with Gasteiger partial charge in [0.2, 0.25) is 0 Å². The highest BCUT2D eigenvalue weighted by molar-refractivity contribution is 9.10. The molecule has 0 aliphatic rings. The second-order valence-electron chi connectivity index (χ2n) is 4.53. The van der Waals surface area contributed by atoms with Gasteiger partial charge in [0, 0.05) is 14.2 Å². The Morgan fingerprint density at radius 2 is 2.05 bits per heavy atom. The first kappa shape index (κ1) is 15.0. The van der Waals surface area contributed by atoms with Gasteiger partial charge in [-0.1, -0.05) is 24.6 Å². The van der Waals surface area contributed by atoms with Crippen molar-refractivity contribution in [1.82, 2.24) is 5.32 Å². The molecule has 0 fully saturated rings. The summed E-state index contributed by atoms with van der Waals surface area (Å²) in [5.41, 5.74) is 2.55. The first-order valence-corrected chi connectivity index (χ1v) is 8.27. The molecule has 0 saturated carbocycles. The molecule has 0 radical (unpaired) electrons. The summed E-state index contributed by atoms with van der Waals surface area (Å²) in [6.45, 7) is 7.38. The Labute approximate surface area is 132 Å². The van der Waals surface area contributed by atoms with Gasteiger partial charge in [0.15, 0.2) is 0 Å². The van der Waals surface area contributed by atoms with Crippen LogP contribution in [0.4, 0.5) is 0 Å². The second kappa shape index (κ2) is 6.40. The van der Waals surface area contributed by atoms with E-state index in [0.29, 0.717) is 0 Å². The molecule has 1 unspecified atom stereocenters. The van der Waals surface area contributed by atoms with Crippen LogP contribution in [0.3, 0.4) is 0 Å². The summed E-state index contributed by atoms with van der Waals surface area (Å²) in [6.07, 6.45) is 0. The van der Waals surface area contributed by atoms with Crippen molar-refractivity contribution in [2.24, 2.45) is 0 Å². The van der Waals surface area contributed by atoms with E-state index in [1.54, 1.807) is 0 Å². The minimum Gasteiger partial charge on any atom is -0.306 e. The molecular formula is C15H17BrClNS. The Morgan fingerprint density at radius 3 is 2.58 bits per heavy atom. The molecule has 1 heterocycles. The number of rotatable bonds is 4. The zero-order valence-corrected chi connectivity index (χ0v) is 14.4. The highest BCUT2D eigenvalue weighted by Gasteiger charge is 2.17. The number of benzene rings is 1. The standard InChI is InChI=1S/C15H17BrClNS/c1-4-18-15(12-7-9(2)19-10(12)3)11-5-6-13(16)14(17)8-11/h5-8,15,18H,4H2,1-3H3. The average Bonchev–Trinajstić information content (AvgIpc) is 2.69. The van der Waals surface area contributed by atoms with Crippen molar-refractivity contribution in [3.8, 4) is 0 Å². The first-order chi connectivity index (χ1) is 9.02. The largest absolute Gasteiger partial charge is 0.306 e. The van der Waals surface area contributed by atoms with E-state index in [2.05, 4.69) is 54.2 Å². The van der Waals surface area contributed by atoms with Gasteiger partial charge in [-0.25, -0.2) is 0 Å². The smallest absolute Gasteiger partial charge is 0.0588 e. The molecule has 0 saturated heterocycles. The number of halogens is 2. The van der Waals surface area contributed by atoms with Crippen molar-refractivity contribution in [2.45, 2.75) is 26.8 Å². The summed E-state index contributed by atoms with van der Waals surface area (Å²) in [6, 6.07) is 8.64. The molecule has 0 spiro atoms. The Hall–Kier alpha value is -0.350. The molecule has 102 valence electrons. The molecule has 1 nitrogen and oxygen atoms in total. The van der Waals surface area contributed by atoms with Crippen molar-refractivity contribution >= 4 is 38.9 Å². The van der Waals surface area contributed by atoms with Crippen LogP contribution in [0, 0.1) is 13.8 Å². The molecule has 0 aliphatic carbocycles. The number of nitrogens with one attached hydrogen (secondary N) is 1. The van der Waals surface area contributed by atoms with Crippen LogP contribution in [-0.2, 0) is 0 Å². The van der Waals surface area contributed by atoms with Crippen molar-refractivity contribution in [3.05, 3.63) is 54.6 Å². The topological polar surface area (TPSA) is 12.0 Å². The van der Waals surface area contributed by atoms with Crippen molar-refractivity contribution < 1.29 is 0 Å². The molecule has 1 aromatic carbocycles. The van der Waals surface area contributed by atoms with Crippen molar-refractivity contribution in [3.63, 3.8) is 0 Å². The zero-order valence-electron chi connectivity index (χ0n) is 11.3. The maximum Gasteiger partial charge on any atom is 0.0588 e. The fourth-order valence-corrected chi connectivity index (χ4v) is 3.64. The molecule has 19 heavy (non-hydrogen) atoms. The first-order valence-electron chi connectivity index (χ1n) is 6.28. The van der Waals surface area contributed by atoms with Crippen LogP contribution in [0.1, 0.15) is 33.8 Å². The highest BCUT2D eigenvalue weighted by Crippen LogP contribution is 2.33. The number of hydrogen-bond donors (Lipinski definition) is 1. The Morgan fingerprint density at radius 1 is 1.32 bits per heavy atom. The van der Waals surface area contributed by atoms with Gasteiger partial charge in [0.05, 0.1) is 11.1 Å². The van der Waals surface area contributed by atoms with Gasteiger partial charge in [-0.3, -0.25) is 0 Å². The lowest BCUT2D eigenvalue weighted by molar-refractivity contribution is 0.630. The Bertz CT molecular complexity index is 580.